The number of carboxylic acids is 1. The van der Waals surface area contributed by atoms with Gasteiger partial charge in [0.2, 0.25) is 4.33 Å². The monoisotopic (exact) mass is 224 g/mol. The van der Waals surface area contributed by atoms with Crippen molar-refractivity contribution >= 4 is 29.2 Å². The third-order valence-corrected chi connectivity index (χ3v) is 2.22. The Morgan fingerprint density at radius 1 is 1.62 bits per heavy atom. The highest BCUT2D eigenvalue weighted by Crippen LogP contribution is 2.36. The number of aliphatic hydroxyl groups excluding tert-OH is 1. The summed E-state index contributed by atoms with van der Waals surface area (Å²) in [6, 6.07) is 1.38. The molecule has 0 bridgehead atoms. The molecule has 0 fully saturated rings. The molecule has 1 aromatic heterocycles. The van der Waals surface area contributed by atoms with Crippen LogP contribution in [0, 0.1) is 0 Å². The zero-order chi connectivity index (χ0) is 10.1. The summed E-state index contributed by atoms with van der Waals surface area (Å²) in [4.78, 5) is 10.5. The van der Waals surface area contributed by atoms with Crippen molar-refractivity contribution < 1.29 is 19.4 Å². The van der Waals surface area contributed by atoms with Crippen molar-refractivity contribution in [3.05, 3.63) is 24.2 Å². The Kier molecular flexibility index (Phi) is 2.85. The minimum absolute atomic E-state index is 0.215. The van der Waals surface area contributed by atoms with Crippen LogP contribution < -0.4 is 0 Å². The fraction of sp³-hybridized carbons (Fsp3) is 0.286. The molecule has 13 heavy (non-hydrogen) atoms. The molecule has 72 valence electrons. The van der Waals surface area contributed by atoms with E-state index in [2.05, 4.69) is 4.42 Å². The second-order valence-electron chi connectivity index (χ2n) is 2.39. The lowest BCUT2D eigenvalue weighted by Gasteiger charge is -2.19. The van der Waals surface area contributed by atoms with Crippen LogP contribution in [0.3, 0.4) is 0 Å². The van der Waals surface area contributed by atoms with Crippen molar-refractivity contribution in [3.8, 4) is 0 Å². The maximum atomic E-state index is 10.5. The van der Waals surface area contributed by atoms with Gasteiger partial charge in [-0.05, 0) is 6.07 Å². The van der Waals surface area contributed by atoms with E-state index >= 15 is 0 Å². The molecule has 2 N–H and O–H groups in total. The molecule has 0 aliphatic rings. The number of carbonyl (C=O) groups is 1. The van der Waals surface area contributed by atoms with Gasteiger partial charge in [0.25, 0.3) is 0 Å². The van der Waals surface area contributed by atoms with Gasteiger partial charge in [0, 0.05) is 5.56 Å². The second kappa shape index (κ2) is 3.57. The van der Waals surface area contributed by atoms with E-state index in [1.165, 1.54) is 18.6 Å². The maximum absolute atomic E-state index is 10.5. The molecule has 0 saturated heterocycles. The number of halogens is 2. The number of furan rings is 1. The van der Waals surface area contributed by atoms with Crippen LogP contribution in [-0.4, -0.2) is 20.5 Å². The van der Waals surface area contributed by atoms with Gasteiger partial charge < -0.3 is 14.6 Å². The third-order valence-electron chi connectivity index (χ3n) is 1.49. The van der Waals surface area contributed by atoms with Crippen LogP contribution in [0.1, 0.15) is 11.7 Å². The van der Waals surface area contributed by atoms with Crippen molar-refractivity contribution in [2.45, 2.75) is 10.4 Å². The first-order valence-corrected chi connectivity index (χ1v) is 4.03. The van der Waals surface area contributed by atoms with Gasteiger partial charge in [0.15, 0.2) is 0 Å². The largest absolute Gasteiger partial charge is 0.479 e. The van der Waals surface area contributed by atoms with Gasteiger partial charge in [-0.1, -0.05) is 23.2 Å². The van der Waals surface area contributed by atoms with Crippen molar-refractivity contribution in [1.29, 1.82) is 0 Å². The maximum Gasteiger partial charge on any atom is 0.343 e. The Bertz CT molecular complexity index is 293. The molecule has 0 aliphatic carbocycles. The Morgan fingerprint density at radius 2 is 2.23 bits per heavy atom. The summed E-state index contributed by atoms with van der Waals surface area (Å²) in [5.74, 6) is -1.51. The minimum Gasteiger partial charge on any atom is -0.479 e. The van der Waals surface area contributed by atoms with Crippen molar-refractivity contribution in [2.75, 3.05) is 0 Å². The van der Waals surface area contributed by atoms with Crippen LogP contribution in [0.2, 0.25) is 0 Å². The number of aliphatic hydroxyl groups is 1. The van der Waals surface area contributed by atoms with Gasteiger partial charge in [0.05, 0.1) is 12.5 Å². The summed E-state index contributed by atoms with van der Waals surface area (Å²) in [6.07, 6.45) is 0.935. The number of aliphatic carboxylic acids is 1. The van der Waals surface area contributed by atoms with Crippen LogP contribution in [0.5, 0.6) is 0 Å². The molecule has 1 unspecified atom stereocenters. The van der Waals surface area contributed by atoms with E-state index in [9.17, 15) is 9.90 Å². The highest BCUT2D eigenvalue weighted by atomic mass is 35.5. The molecule has 0 radical (unpaired) electrons. The van der Waals surface area contributed by atoms with E-state index in [0.717, 1.165) is 0 Å². The molecule has 1 rings (SSSR count). The summed E-state index contributed by atoms with van der Waals surface area (Å²) >= 11 is 10.8. The van der Waals surface area contributed by atoms with E-state index < -0.39 is 16.4 Å². The van der Waals surface area contributed by atoms with Crippen molar-refractivity contribution in [1.82, 2.24) is 0 Å². The zero-order valence-electron chi connectivity index (χ0n) is 6.28. The Morgan fingerprint density at radius 3 is 2.62 bits per heavy atom. The number of hydrogen-bond donors (Lipinski definition) is 2. The number of hydrogen-bond acceptors (Lipinski definition) is 3. The van der Waals surface area contributed by atoms with Gasteiger partial charge >= 0.3 is 5.97 Å². The van der Waals surface area contributed by atoms with Crippen LogP contribution in [0.15, 0.2) is 23.0 Å². The minimum atomic E-state index is -2.26. The van der Waals surface area contributed by atoms with E-state index in [0.29, 0.717) is 0 Å². The summed E-state index contributed by atoms with van der Waals surface area (Å²) in [6.45, 7) is 0. The highest BCUT2D eigenvalue weighted by Gasteiger charge is 2.43. The molecule has 0 aliphatic heterocycles. The van der Waals surface area contributed by atoms with Crippen molar-refractivity contribution in [3.63, 3.8) is 0 Å². The lowest BCUT2D eigenvalue weighted by atomic mass is 10.1. The standard InChI is InChI=1S/C7H6Cl2O4/c8-7(9,6(11)12)5(10)4-1-2-13-3-4/h1-3,5,10H,(H,11,12). The fourth-order valence-corrected chi connectivity index (χ4v) is 1.01. The predicted octanol–water partition coefficient (Wildman–Crippen LogP) is 1.57. The number of alkyl halides is 2. The molecule has 1 atom stereocenters. The van der Waals surface area contributed by atoms with E-state index in [1.54, 1.807) is 0 Å². The molecular formula is C7H6Cl2O4. The molecule has 0 aromatic carbocycles. The van der Waals surface area contributed by atoms with Crippen LogP contribution in [0.25, 0.3) is 0 Å². The van der Waals surface area contributed by atoms with Crippen molar-refractivity contribution in [2.24, 2.45) is 0 Å². The molecule has 0 spiro atoms. The van der Waals surface area contributed by atoms with Gasteiger partial charge in [-0.25, -0.2) is 4.79 Å². The Balaban J connectivity index is 2.90. The first-order chi connectivity index (χ1) is 5.96. The van der Waals surface area contributed by atoms with Gasteiger partial charge in [-0.3, -0.25) is 0 Å². The normalized spacial score (nSPS) is 14.1. The van der Waals surface area contributed by atoms with Gasteiger partial charge in [-0.2, -0.15) is 0 Å². The highest BCUT2D eigenvalue weighted by molar-refractivity contribution is 6.57. The average Bonchev–Trinajstić information content (AvgIpc) is 2.54. The summed E-state index contributed by atoms with van der Waals surface area (Å²) in [7, 11) is 0. The lowest BCUT2D eigenvalue weighted by molar-refractivity contribution is -0.140. The topological polar surface area (TPSA) is 70.7 Å². The summed E-state index contributed by atoms with van der Waals surface area (Å²) < 4.78 is 2.38. The molecule has 6 heteroatoms. The van der Waals surface area contributed by atoms with Crippen LogP contribution >= 0.6 is 23.2 Å². The van der Waals surface area contributed by atoms with Gasteiger partial charge in [0.1, 0.15) is 6.10 Å². The van der Waals surface area contributed by atoms with E-state index in [-0.39, 0.29) is 5.56 Å². The lowest BCUT2D eigenvalue weighted by Crippen LogP contribution is -2.32. The second-order valence-corrected chi connectivity index (χ2v) is 3.77. The molecule has 0 saturated carbocycles. The molecule has 0 amide bonds. The third kappa shape index (κ3) is 1.96. The first kappa shape index (κ1) is 10.4. The zero-order valence-corrected chi connectivity index (χ0v) is 7.79. The predicted molar refractivity (Wildman–Crippen MR) is 45.7 cm³/mol. The number of carboxylic acid groups (broad SMARTS) is 1. The van der Waals surface area contributed by atoms with Gasteiger partial charge in [-0.15, -0.1) is 0 Å². The first-order valence-electron chi connectivity index (χ1n) is 3.27. The Labute approximate surface area is 83.7 Å². The summed E-state index contributed by atoms with van der Waals surface area (Å²) in [5.41, 5.74) is 0.215. The summed E-state index contributed by atoms with van der Waals surface area (Å²) in [5, 5.41) is 18.0. The Hall–Kier alpha value is -0.710. The van der Waals surface area contributed by atoms with Crippen LogP contribution in [0.4, 0.5) is 0 Å². The molecule has 1 aromatic rings. The SMILES string of the molecule is O=C(O)C(Cl)(Cl)C(O)c1ccoc1. The number of rotatable bonds is 3. The smallest absolute Gasteiger partial charge is 0.343 e. The average molecular weight is 225 g/mol. The fourth-order valence-electron chi connectivity index (χ4n) is 0.757. The quantitative estimate of drug-likeness (QED) is 0.766. The van der Waals surface area contributed by atoms with Crippen LogP contribution in [-0.2, 0) is 4.79 Å². The van der Waals surface area contributed by atoms with E-state index in [1.807, 2.05) is 0 Å². The van der Waals surface area contributed by atoms with E-state index in [4.69, 9.17) is 28.3 Å². The molecule has 1 heterocycles. The molecule has 4 nitrogen and oxygen atoms in total. The molecular weight excluding hydrogens is 219 g/mol.